The fourth-order valence-corrected chi connectivity index (χ4v) is 2.40. The molecule has 1 unspecified atom stereocenters. The molecular formula is C12H14N2O3S. The van der Waals surface area contributed by atoms with Crippen molar-refractivity contribution in [2.75, 3.05) is 11.9 Å². The fraction of sp³-hybridized carbons (Fsp3) is 0.333. The van der Waals surface area contributed by atoms with Crippen LogP contribution in [-0.4, -0.2) is 29.1 Å². The van der Waals surface area contributed by atoms with Gasteiger partial charge in [-0.3, -0.25) is 0 Å². The molecule has 96 valence electrons. The number of carbonyl (C=O) groups is 1. The Labute approximate surface area is 109 Å². The smallest absolute Gasteiger partial charge is 0.357 e. The van der Waals surface area contributed by atoms with Gasteiger partial charge in [0.25, 0.3) is 6.01 Å². The van der Waals surface area contributed by atoms with Crippen LogP contribution in [0.5, 0.6) is 0 Å². The summed E-state index contributed by atoms with van der Waals surface area (Å²) >= 11 is 1.70. The summed E-state index contributed by atoms with van der Waals surface area (Å²) in [5.74, 6) is -1.08. The summed E-state index contributed by atoms with van der Waals surface area (Å²) in [7, 11) is 1.84. The first-order valence-electron chi connectivity index (χ1n) is 5.52. The molecule has 0 spiro atoms. The van der Waals surface area contributed by atoms with Crippen molar-refractivity contribution in [3.63, 3.8) is 0 Å². The largest absolute Gasteiger partial charge is 0.476 e. The van der Waals surface area contributed by atoms with E-state index >= 15 is 0 Å². The number of aromatic carboxylic acids is 1. The van der Waals surface area contributed by atoms with E-state index in [1.165, 1.54) is 4.88 Å². The van der Waals surface area contributed by atoms with Crippen molar-refractivity contribution in [1.82, 2.24) is 4.98 Å². The molecule has 6 heteroatoms. The van der Waals surface area contributed by atoms with Gasteiger partial charge in [-0.2, -0.15) is 4.98 Å². The number of carboxylic acid groups (broad SMARTS) is 1. The highest BCUT2D eigenvalue weighted by atomic mass is 32.1. The molecule has 18 heavy (non-hydrogen) atoms. The average molecular weight is 266 g/mol. The summed E-state index contributed by atoms with van der Waals surface area (Å²) in [5.41, 5.74) is -0.0693. The molecule has 0 aliphatic heterocycles. The molecule has 2 heterocycles. The molecule has 5 nitrogen and oxygen atoms in total. The van der Waals surface area contributed by atoms with Gasteiger partial charge in [0.2, 0.25) is 0 Å². The summed E-state index contributed by atoms with van der Waals surface area (Å²) < 4.78 is 5.17. The first-order valence-corrected chi connectivity index (χ1v) is 6.40. The van der Waals surface area contributed by atoms with E-state index in [2.05, 4.69) is 11.1 Å². The third-order valence-corrected chi connectivity index (χ3v) is 3.65. The Morgan fingerprint density at radius 2 is 2.44 bits per heavy atom. The number of oxazole rings is 1. The first-order chi connectivity index (χ1) is 8.58. The van der Waals surface area contributed by atoms with Gasteiger partial charge in [-0.25, -0.2) is 4.79 Å². The Kier molecular flexibility index (Phi) is 3.66. The molecule has 2 aromatic rings. The van der Waals surface area contributed by atoms with E-state index in [0.717, 1.165) is 12.7 Å². The standard InChI is InChI=1S/C12H14N2O3S/c1-8(6-9-4-3-5-18-9)14(2)12-13-10(7-17-12)11(15)16/h3-5,7-8H,6H2,1-2H3,(H,15,16). The van der Waals surface area contributed by atoms with E-state index in [-0.39, 0.29) is 11.7 Å². The maximum absolute atomic E-state index is 10.7. The van der Waals surface area contributed by atoms with Crippen molar-refractivity contribution in [2.45, 2.75) is 19.4 Å². The van der Waals surface area contributed by atoms with E-state index in [1.807, 2.05) is 30.3 Å². The van der Waals surface area contributed by atoms with Crippen LogP contribution in [-0.2, 0) is 6.42 Å². The highest BCUT2D eigenvalue weighted by molar-refractivity contribution is 7.09. The number of thiophene rings is 1. The highest BCUT2D eigenvalue weighted by Gasteiger charge is 2.18. The number of aromatic nitrogens is 1. The Hall–Kier alpha value is -1.82. The topological polar surface area (TPSA) is 66.6 Å². The lowest BCUT2D eigenvalue weighted by Gasteiger charge is -2.22. The predicted molar refractivity (Wildman–Crippen MR) is 69.4 cm³/mol. The second kappa shape index (κ2) is 5.22. The minimum atomic E-state index is -1.08. The third kappa shape index (κ3) is 2.70. The highest BCUT2D eigenvalue weighted by Crippen LogP contribution is 2.19. The zero-order chi connectivity index (χ0) is 13.1. The maximum atomic E-state index is 10.7. The van der Waals surface area contributed by atoms with E-state index < -0.39 is 5.97 Å². The van der Waals surface area contributed by atoms with Crippen molar-refractivity contribution >= 4 is 23.3 Å². The first kappa shape index (κ1) is 12.6. The van der Waals surface area contributed by atoms with Crippen LogP contribution in [0.4, 0.5) is 6.01 Å². The van der Waals surface area contributed by atoms with Crippen molar-refractivity contribution < 1.29 is 14.3 Å². The van der Waals surface area contributed by atoms with Gasteiger partial charge in [-0.05, 0) is 18.4 Å². The molecule has 0 fully saturated rings. The summed E-state index contributed by atoms with van der Waals surface area (Å²) in [6, 6.07) is 4.61. The minimum Gasteiger partial charge on any atom is -0.476 e. The number of likely N-dealkylation sites (N-methyl/N-ethyl adjacent to an activating group) is 1. The molecule has 0 saturated carbocycles. The normalized spacial score (nSPS) is 12.3. The fourth-order valence-electron chi connectivity index (χ4n) is 1.57. The molecule has 2 rings (SSSR count). The number of carboxylic acids is 1. The lowest BCUT2D eigenvalue weighted by atomic mass is 10.2. The van der Waals surface area contributed by atoms with Gasteiger partial charge in [0.1, 0.15) is 6.26 Å². The summed E-state index contributed by atoms with van der Waals surface area (Å²) in [5, 5.41) is 10.8. The van der Waals surface area contributed by atoms with Crippen LogP contribution in [0.3, 0.4) is 0 Å². The summed E-state index contributed by atoms with van der Waals surface area (Å²) in [6.07, 6.45) is 2.03. The molecule has 2 aromatic heterocycles. The predicted octanol–water partition coefficient (Wildman–Crippen LogP) is 2.50. The lowest BCUT2D eigenvalue weighted by molar-refractivity contribution is 0.0690. The molecule has 0 amide bonds. The molecule has 0 aliphatic carbocycles. The molecule has 1 N–H and O–H groups in total. The van der Waals surface area contributed by atoms with Crippen LogP contribution >= 0.6 is 11.3 Å². The van der Waals surface area contributed by atoms with Gasteiger partial charge in [-0.1, -0.05) is 6.07 Å². The van der Waals surface area contributed by atoms with Gasteiger partial charge in [0.15, 0.2) is 5.69 Å². The molecule has 0 aliphatic rings. The van der Waals surface area contributed by atoms with Crippen LogP contribution in [0, 0.1) is 0 Å². The van der Waals surface area contributed by atoms with E-state index in [9.17, 15) is 4.79 Å². The number of nitrogens with zero attached hydrogens (tertiary/aromatic N) is 2. The van der Waals surface area contributed by atoms with Crippen LogP contribution in [0.25, 0.3) is 0 Å². The lowest BCUT2D eigenvalue weighted by Crippen LogP contribution is -2.30. The summed E-state index contributed by atoms with van der Waals surface area (Å²) in [6.45, 7) is 2.05. The SMILES string of the molecule is CC(Cc1cccs1)N(C)c1nc(C(=O)O)co1. The van der Waals surface area contributed by atoms with Crippen LogP contribution in [0.2, 0.25) is 0 Å². The van der Waals surface area contributed by atoms with Crippen molar-refractivity contribution in [3.8, 4) is 0 Å². The Morgan fingerprint density at radius 3 is 3.00 bits per heavy atom. The van der Waals surface area contributed by atoms with Crippen LogP contribution in [0.15, 0.2) is 28.2 Å². The quantitative estimate of drug-likeness (QED) is 0.900. The van der Waals surface area contributed by atoms with Gasteiger partial charge < -0.3 is 14.4 Å². The van der Waals surface area contributed by atoms with Crippen LogP contribution in [0.1, 0.15) is 22.3 Å². The number of hydrogen-bond donors (Lipinski definition) is 1. The zero-order valence-electron chi connectivity index (χ0n) is 10.2. The maximum Gasteiger partial charge on any atom is 0.357 e. The van der Waals surface area contributed by atoms with Gasteiger partial charge in [-0.15, -0.1) is 11.3 Å². The van der Waals surface area contributed by atoms with Crippen molar-refractivity contribution in [3.05, 3.63) is 34.3 Å². The van der Waals surface area contributed by atoms with Crippen molar-refractivity contribution in [1.29, 1.82) is 0 Å². The van der Waals surface area contributed by atoms with E-state index in [0.29, 0.717) is 6.01 Å². The Bertz CT molecular complexity index is 521. The third-order valence-electron chi connectivity index (χ3n) is 2.75. The van der Waals surface area contributed by atoms with Gasteiger partial charge in [0.05, 0.1) is 0 Å². The van der Waals surface area contributed by atoms with Gasteiger partial charge >= 0.3 is 5.97 Å². The minimum absolute atomic E-state index is 0.0693. The Balaban J connectivity index is 2.05. The molecule has 0 saturated heterocycles. The number of anilines is 1. The average Bonchev–Trinajstić information content (AvgIpc) is 2.98. The molecule has 1 atom stereocenters. The van der Waals surface area contributed by atoms with E-state index in [1.54, 1.807) is 11.3 Å². The van der Waals surface area contributed by atoms with Crippen molar-refractivity contribution in [2.24, 2.45) is 0 Å². The number of rotatable bonds is 5. The number of hydrogen-bond acceptors (Lipinski definition) is 5. The molecular weight excluding hydrogens is 252 g/mol. The van der Waals surface area contributed by atoms with E-state index in [4.69, 9.17) is 9.52 Å². The second-order valence-electron chi connectivity index (χ2n) is 4.06. The van der Waals surface area contributed by atoms with Gasteiger partial charge in [0, 0.05) is 24.4 Å². The molecule has 0 bridgehead atoms. The molecule has 0 radical (unpaired) electrons. The summed E-state index contributed by atoms with van der Waals surface area (Å²) in [4.78, 5) is 17.8. The zero-order valence-corrected chi connectivity index (χ0v) is 11.0. The van der Waals surface area contributed by atoms with Crippen LogP contribution < -0.4 is 4.90 Å². The monoisotopic (exact) mass is 266 g/mol. The second-order valence-corrected chi connectivity index (χ2v) is 5.10. The Morgan fingerprint density at radius 1 is 1.67 bits per heavy atom. The molecule has 0 aromatic carbocycles.